The monoisotopic (exact) mass is 263 g/mol. The Morgan fingerprint density at radius 1 is 1.26 bits per heavy atom. The van der Waals surface area contributed by atoms with Crippen molar-refractivity contribution in [3.63, 3.8) is 0 Å². The molecule has 0 bridgehead atoms. The standard InChI is InChI=1S/C14H17NO4/c16-13(17)9-19-7-6-15-14(18)12-5-4-10-2-1-3-11(10)8-12/h4-5,8H,1-3,6-7,9H2,(H,15,18)(H,16,17). The van der Waals surface area contributed by atoms with Crippen molar-refractivity contribution in [1.82, 2.24) is 5.32 Å². The number of ether oxygens (including phenoxy) is 1. The predicted molar refractivity (Wildman–Crippen MR) is 69.3 cm³/mol. The van der Waals surface area contributed by atoms with Crippen LogP contribution in [0, 0.1) is 0 Å². The van der Waals surface area contributed by atoms with Crippen LogP contribution in [0.15, 0.2) is 18.2 Å². The second-order valence-corrected chi connectivity index (χ2v) is 4.54. The Hall–Kier alpha value is -1.88. The molecule has 1 aromatic rings. The summed E-state index contributed by atoms with van der Waals surface area (Å²) in [7, 11) is 0. The molecule has 0 atom stereocenters. The lowest BCUT2D eigenvalue weighted by Gasteiger charge is -2.07. The van der Waals surface area contributed by atoms with Gasteiger partial charge in [-0.2, -0.15) is 0 Å². The summed E-state index contributed by atoms with van der Waals surface area (Å²) < 4.78 is 4.84. The highest BCUT2D eigenvalue weighted by Crippen LogP contribution is 2.22. The van der Waals surface area contributed by atoms with Crippen LogP contribution >= 0.6 is 0 Å². The predicted octanol–water partition coefficient (Wildman–Crippen LogP) is 1.01. The van der Waals surface area contributed by atoms with Gasteiger partial charge >= 0.3 is 5.97 Å². The molecular weight excluding hydrogens is 246 g/mol. The van der Waals surface area contributed by atoms with Gasteiger partial charge in [0.05, 0.1) is 6.61 Å². The first-order chi connectivity index (χ1) is 9.16. The summed E-state index contributed by atoms with van der Waals surface area (Å²) in [5, 5.41) is 11.1. The minimum atomic E-state index is -1.01. The maximum Gasteiger partial charge on any atom is 0.329 e. The molecule has 1 amide bonds. The topological polar surface area (TPSA) is 75.6 Å². The van der Waals surface area contributed by atoms with Crippen molar-refractivity contribution in [2.24, 2.45) is 0 Å². The first kappa shape index (κ1) is 13.5. The van der Waals surface area contributed by atoms with Gasteiger partial charge in [0.2, 0.25) is 0 Å². The van der Waals surface area contributed by atoms with Crippen LogP contribution in [0.1, 0.15) is 27.9 Å². The lowest BCUT2D eigenvalue weighted by atomic mass is 10.1. The smallest absolute Gasteiger partial charge is 0.329 e. The second-order valence-electron chi connectivity index (χ2n) is 4.54. The number of hydrogen-bond acceptors (Lipinski definition) is 3. The average Bonchev–Trinajstić information content (AvgIpc) is 2.84. The van der Waals surface area contributed by atoms with E-state index in [2.05, 4.69) is 5.32 Å². The first-order valence-electron chi connectivity index (χ1n) is 6.36. The number of carbonyl (C=O) groups excluding carboxylic acids is 1. The zero-order valence-corrected chi connectivity index (χ0v) is 10.6. The number of carboxylic acid groups (broad SMARTS) is 1. The Bertz CT molecular complexity index is 484. The molecule has 5 heteroatoms. The van der Waals surface area contributed by atoms with E-state index in [9.17, 15) is 9.59 Å². The van der Waals surface area contributed by atoms with Crippen molar-refractivity contribution in [1.29, 1.82) is 0 Å². The van der Waals surface area contributed by atoms with Crippen LogP contribution in [0.4, 0.5) is 0 Å². The third-order valence-corrected chi connectivity index (χ3v) is 3.12. The van der Waals surface area contributed by atoms with Gasteiger partial charge in [0, 0.05) is 12.1 Å². The van der Waals surface area contributed by atoms with E-state index in [4.69, 9.17) is 9.84 Å². The van der Waals surface area contributed by atoms with Crippen LogP contribution < -0.4 is 5.32 Å². The quantitative estimate of drug-likeness (QED) is 0.751. The minimum Gasteiger partial charge on any atom is -0.480 e. The highest BCUT2D eigenvalue weighted by atomic mass is 16.5. The van der Waals surface area contributed by atoms with Gasteiger partial charge in [-0.3, -0.25) is 4.79 Å². The summed E-state index contributed by atoms with van der Waals surface area (Å²) in [5.74, 6) is -1.15. The Morgan fingerprint density at radius 2 is 2.05 bits per heavy atom. The van der Waals surface area contributed by atoms with Crippen molar-refractivity contribution in [3.05, 3.63) is 34.9 Å². The average molecular weight is 263 g/mol. The van der Waals surface area contributed by atoms with E-state index < -0.39 is 5.97 Å². The highest BCUT2D eigenvalue weighted by Gasteiger charge is 2.13. The second kappa shape index (κ2) is 6.33. The number of fused-ring (bicyclic) bond motifs is 1. The molecule has 0 radical (unpaired) electrons. The van der Waals surface area contributed by atoms with Crippen LogP contribution in [0.25, 0.3) is 0 Å². The van der Waals surface area contributed by atoms with E-state index >= 15 is 0 Å². The summed E-state index contributed by atoms with van der Waals surface area (Å²) in [6.45, 7) is 0.168. The SMILES string of the molecule is O=C(O)COCCNC(=O)c1ccc2c(c1)CCC2. The van der Waals surface area contributed by atoms with Gasteiger partial charge in [0.1, 0.15) is 6.61 Å². The molecule has 0 unspecified atom stereocenters. The third kappa shape index (κ3) is 3.79. The number of nitrogens with one attached hydrogen (secondary N) is 1. The maximum absolute atomic E-state index is 11.9. The zero-order valence-electron chi connectivity index (χ0n) is 10.6. The number of carboxylic acids is 1. The van der Waals surface area contributed by atoms with Crippen molar-refractivity contribution in [2.45, 2.75) is 19.3 Å². The maximum atomic E-state index is 11.9. The van der Waals surface area contributed by atoms with Crippen LogP contribution in [0.5, 0.6) is 0 Å². The van der Waals surface area contributed by atoms with E-state index in [-0.39, 0.29) is 19.1 Å². The zero-order chi connectivity index (χ0) is 13.7. The van der Waals surface area contributed by atoms with Crippen LogP contribution in [0.3, 0.4) is 0 Å². The summed E-state index contributed by atoms with van der Waals surface area (Å²) in [6, 6.07) is 5.78. The fraction of sp³-hybridized carbons (Fsp3) is 0.429. The molecule has 0 fully saturated rings. The number of aliphatic carboxylic acids is 1. The van der Waals surface area contributed by atoms with Gasteiger partial charge in [-0.25, -0.2) is 4.79 Å². The molecule has 0 saturated heterocycles. The summed E-state index contributed by atoms with van der Waals surface area (Å²) in [4.78, 5) is 22.1. The van der Waals surface area contributed by atoms with Gasteiger partial charge in [0.15, 0.2) is 0 Å². The Morgan fingerprint density at radius 3 is 2.84 bits per heavy atom. The molecule has 0 aromatic heterocycles. The first-order valence-corrected chi connectivity index (χ1v) is 6.36. The van der Waals surface area contributed by atoms with Gasteiger partial charge < -0.3 is 15.2 Å². The van der Waals surface area contributed by atoms with Crippen LogP contribution in [-0.2, 0) is 22.4 Å². The van der Waals surface area contributed by atoms with Gasteiger partial charge in [-0.15, -0.1) is 0 Å². The fourth-order valence-electron chi connectivity index (χ4n) is 2.21. The number of rotatable bonds is 6. The van der Waals surface area contributed by atoms with Crippen LogP contribution in [-0.4, -0.2) is 36.7 Å². The number of carbonyl (C=O) groups is 2. The van der Waals surface area contributed by atoms with Gasteiger partial charge in [-0.1, -0.05) is 6.07 Å². The normalized spacial score (nSPS) is 13.1. The molecule has 2 rings (SSSR count). The van der Waals surface area contributed by atoms with Crippen molar-refractivity contribution in [3.8, 4) is 0 Å². The van der Waals surface area contributed by atoms with Gasteiger partial charge in [-0.05, 0) is 42.5 Å². The lowest BCUT2D eigenvalue weighted by Crippen LogP contribution is -2.28. The molecule has 1 aromatic carbocycles. The molecule has 0 spiro atoms. The molecule has 19 heavy (non-hydrogen) atoms. The molecule has 0 saturated carbocycles. The van der Waals surface area contributed by atoms with E-state index in [1.807, 2.05) is 18.2 Å². The van der Waals surface area contributed by atoms with E-state index in [0.717, 1.165) is 19.3 Å². The van der Waals surface area contributed by atoms with Crippen molar-refractivity contribution < 1.29 is 19.4 Å². The van der Waals surface area contributed by atoms with Crippen LogP contribution in [0.2, 0.25) is 0 Å². The number of aryl methyl sites for hydroxylation is 2. The number of benzene rings is 1. The fourth-order valence-corrected chi connectivity index (χ4v) is 2.21. The molecule has 0 aliphatic heterocycles. The van der Waals surface area contributed by atoms with E-state index in [1.54, 1.807) is 0 Å². The van der Waals surface area contributed by atoms with E-state index in [0.29, 0.717) is 12.1 Å². The summed E-state index contributed by atoms with van der Waals surface area (Å²) in [6.07, 6.45) is 3.29. The summed E-state index contributed by atoms with van der Waals surface area (Å²) in [5.41, 5.74) is 3.25. The molecular formula is C14H17NO4. The molecule has 5 nitrogen and oxygen atoms in total. The van der Waals surface area contributed by atoms with Gasteiger partial charge in [0.25, 0.3) is 5.91 Å². The molecule has 1 aliphatic rings. The molecule has 2 N–H and O–H groups in total. The Labute approximate surface area is 111 Å². The summed E-state index contributed by atoms with van der Waals surface area (Å²) >= 11 is 0. The van der Waals surface area contributed by atoms with Crippen molar-refractivity contribution in [2.75, 3.05) is 19.8 Å². The molecule has 0 heterocycles. The Balaban J connectivity index is 1.78. The molecule has 102 valence electrons. The van der Waals surface area contributed by atoms with E-state index in [1.165, 1.54) is 11.1 Å². The number of hydrogen-bond donors (Lipinski definition) is 2. The number of amides is 1. The lowest BCUT2D eigenvalue weighted by molar-refractivity contribution is -0.142. The Kier molecular flexibility index (Phi) is 4.52. The largest absolute Gasteiger partial charge is 0.480 e. The van der Waals surface area contributed by atoms with Crippen molar-refractivity contribution >= 4 is 11.9 Å². The minimum absolute atomic E-state index is 0.145. The molecule has 1 aliphatic carbocycles. The third-order valence-electron chi connectivity index (χ3n) is 3.12. The highest BCUT2D eigenvalue weighted by molar-refractivity contribution is 5.94.